The molecule has 0 bridgehead atoms. The smallest absolute Gasteiger partial charge is 0.227 e. The van der Waals surface area contributed by atoms with E-state index in [-0.39, 0.29) is 24.2 Å². The minimum atomic E-state index is -0.293. The molecule has 0 spiro atoms. The number of anilines is 1. The highest BCUT2D eigenvalue weighted by Crippen LogP contribution is 2.25. The standard InChI is InChI=1S/C24H29N3O2/c1-18-4-10-22(11-5-18)27-17-21(14-23(27)28)24(29)25-15-19-6-8-20(9-7-19)16-26-12-2-3-13-26/h4-11,21H,2-3,12-17H2,1H3,(H,25,29). The normalized spacial score (nSPS) is 19.7. The molecule has 2 aromatic rings. The minimum absolute atomic E-state index is 0.0141. The van der Waals surface area contributed by atoms with E-state index >= 15 is 0 Å². The summed E-state index contributed by atoms with van der Waals surface area (Å²) in [5.41, 5.74) is 4.42. The Morgan fingerprint density at radius 3 is 2.34 bits per heavy atom. The fourth-order valence-electron chi connectivity index (χ4n) is 4.15. The molecule has 2 fully saturated rings. The lowest BCUT2D eigenvalue weighted by molar-refractivity contribution is -0.126. The third kappa shape index (κ3) is 4.85. The zero-order valence-electron chi connectivity index (χ0n) is 17.1. The molecule has 5 nitrogen and oxygen atoms in total. The Kier molecular flexibility index (Phi) is 5.95. The number of aryl methyl sites for hydroxylation is 1. The Balaban J connectivity index is 1.28. The minimum Gasteiger partial charge on any atom is -0.352 e. The Bertz CT molecular complexity index is 855. The largest absolute Gasteiger partial charge is 0.352 e. The molecule has 5 heteroatoms. The summed E-state index contributed by atoms with van der Waals surface area (Å²) in [6, 6.07) is 16.3. The molecule has 2 amide bonds. The predicted molar refractivity (Wildman–Crippen MR) is 114 cm³/mol. The molecule has 1 unspecified atom stereocenters. The number of rotatable bonds is 6. The third-order valence-electron chi connectivity index (χ3n) is 5.94. The second-order valence-corrected chi connectivity index (χ2v) is 8.26. The first-order valence-electron chi connectivity index (χ1n) is 10.5. The fraction of sp³-hybridized carbons (Fsp3) is 0.417. The molecule has 4 rings (SSSR count). The molecule has 2 aliphatic heterocycles. The van der Waals surface area contributed by atoms with Crippen LogP contribution in [0, 0.1) is 12.8 Å². The van der Waals surface area contributed by atoms with E-state index in [4.69, 9.17) is 0 Å². The molecule has 0 aliphatic carbocycles. The maximum atomic E-state index is 12.6. The highest BCUT2D eigenvalue weighted by atomic mass is 16.2. The lowest BCUT2D eigenvalue weighted by Gasteiger charge is -2.17. The summed E-state index contributed by atoms with van der Waals surface area (Å²) >= 11 is 0. The number of hydrogen-bond donors (Lipinski definition) is 1. The van der Waals surface area contributed by atoms with Crippen molar-refractivity contribution in [2.24, 2.45) is 5.92 Å². The van der Waals surface area contributed by atoms with E-state index in [1.54, 1.807) is 4.90 Å². The monoisotopic (exact) mass is 391 g/mol. The number of hydrogen-bond acceptors (Lipinski definition) is 3. The molecular formula is C24H29N3O2. The van der Waals surface area contributed by atoms with Gasteiger partial charge in [0.1, 0.15) is 0 Å². The van der Waals surface area contributed by atoms with E-state index in [0.717, 1.165) is 23.4 Å². The highest BCUT2D eigenvalue weighted by Gasteiger charge is 2.34. The van der Waals surface area contributed by atoms with Crippen LogP contribution in [0.15, 0.2) is 48.5 Å². The van der Waals surface area contributed by atoms with Gasteiger partial charge in [-0.15, -0.1) is 0 Å². The van der Waals surface area contributed by atoms with Gasteiger partial charge in [-0.05, 0) is 56.1 Å². The van der Waals surface area contributed by atoms with Crippen molar-refractivity contribution in [2.75, 3.05) is 24.5 Å². The summed E-state index contributed by atoms with van der Waals surface area (Å²) < 4.78 is 0. The fourth-order valence-corrected chi connectivity index (χ4v) is 4.15. The highest BCUT2D eigenvalue weighted by molar-refractivity contribution is 6.00. The summed E-state index contributed by atoms with van der Waals surface area (Å²) in [6.07, 6.45) is 2.87. The van der Waals surface area contributed by atoms with Crippen molar-refractivity contribution < 1.29 is 9.59 Å². The van der Waals surface area contributed by atoms with Gasteiger partial charge in [0.25, 0.3) is 0 Å². The first-order chi connectivity index (χ1) is 14.1. The van der Waals surface area contributed by atoms with E-state index in [1.165, 1.54) is 31.5 Å². The summed E-state index contributed by atoms with van der Waals surface area (Å²) in [5.74, 6) is -0.326. The van der Waals surface area contributed by atoms with Crippen molar-refractivity contribution in [1.82, 2.24) is 10.2 Å². The van der Waals surface area contributed by atoms with Crippen molar-refractivity contribution >= 4 is 17.5 Å². The second-order valence-electron chi connectivity index (χ2n) is 8.26. The molecule has 29 heavy (non-hydrogen) atoms. The molecule has 0 saturated carbocycles. The van der Waals surface area contributed by atoms with E-state index in [2.05, 4.69) is 34.5 Å². The van der Waals surface area contributed by atoms with Crippen molar-refractivity contribution in [3.63, 3.8) is 0 Å². The molecular weight excluding hydrogens is 362 g/mol. The van der Waals surface area contributed by atoms with Gasteiger partial charge < -0.3 is 10.2 Å². The SMILES string of the molecule is Cc1ccc(N2CC(C(=O)NCc3ccc(CN4CCCC4)cc3)CC2=O)cc1. The molecule has 2 aliphatic rings. The maximum absolute atomic E-state index is 12.6. The Labute approximate surface area is 172 Å². The summed E-state index contributed by atoms with van der Waals surface area (Å²) in [5, 5.41) is 3.01. The molecule has 1 N–H and O–H groups in total. The lowest BCUT2D eigenvalue weighted by Crippen LogP contribution is -2.32. The Morgan fingerprint density at radius 1 is 1.00 bits per heavy atom. The van der Waals surface area contributed by atoms with Gasteiger partial charge in [-0.1, -0.05) is 42.0 Å². The topological polar surface area (TPSA) is 52.7 Å². The van der Waals surface area contributed by atoms with Crippen LogP contribution in [0.3, 0.4) is 0 Å². The quantitative estimate of drug-likeness (QED) is 0.822. The van der Waals surface area contributed by atoms with Gasteiger partial charge in [0.05, 0.1) is 5.92 Å². The van der Waals surface area contributed by atoms with Gasteiger partial charge in [-0.2, -0.15) is 0 Å². The molecule has 152 valence electrons. The number of nitrogens with zero attached hydrogens (tertiary/aromatic N) is 2. The molecule has 2 heterocycles. The van der Waals surface area contributed by atoms with Gasteiger partial charge >= 0.3 is 0 Å². The number of benzene rings is 2. The molecule has 2 saturated heterocycles. The average molecular weight is 392 g/mol. The van der Waals surface area contributed by atoms with Crippen molar-refractivity contribution in [2.45, 2.75) is 39.3 Å². The zero-order chi connectivity index (χ0) is 20.2. The van der Waals surface area contributed by atoms with Crippen molar-refractivity contribution in [3.05, 3.63) is 65.2 Å². The van der Waals surface area contributed by atoms with Crippen LogP contribution < -0.4 is 10.2 Å². The van der Waals surface area contributed by atoms with Gasteiger partial charge in [0.2, 0.25) is 11.8 Å². The van der Waals surface area contributed by atoms with Crippen LogP contribution in [0.4, 0.5) is 5.69 Å². The number of likely N-dealkylation sites (tertiary alicyclic amines) is 1. The first kappa shape index (κ1) is 19.6. The second kappa shape index (κ2) is 8.78. The van der Waals surface area contributed by atoms with Crippen LogP contribution in [-0.2, 0) is 22.7 Å². The van der Waals surface area contributed by atoms with Crippen LogP contribution in [0.25, 0.3) is 0 Å². The van der Waals surface area contributed by atoms with Gasteiger partial charge in [-0.3, -0.25) is 14.5 Å². The maximum Gasteiger partial charge on any atom is 0.227 e. The predicted octanol–water partition coefficient (Wildman–Crippen LogP) is 3.26. The first-order valence-corrected chi connectivity index (χ1v) is 10.5. The van der Waals surface area contributed by atoms with E-state index < -0.39 is 0 Å². The van der Waals surface area contributed by atoms with Crippen LogP contribution >= 0.6 is 0 Å². The molecule has 1 atom stereocenters. The number of carbonyl (C=O) groups is 2. The molecule has 0 radical (unpaired) electrons. The van der Waals surface area contributed by atoms with Crippen LogP contribution in [0.2, 0.25) is 0 Å². The number of amides is 2. The average Bonchev–Trinajstić information content (AvgIpc) is 3.37. The lowest BCUT2D eigenvalue weighted by atomic mass is 10.1. The summed E-state index contributed by atoms with van der Waals surface area (Å²) in [7, 11) is 0. The van der Waals surface area contributed by atoms with Crippen molar-refractivity contribution in [1.29, 1.82) is 0 Å². The number of carbonyl (C=O) groups excluding carboxylic acids is 2. The van der Waals surface area contributed by atoms with Gasteiger partial charge in [-0.25, -0.2) is 0 Å². The Morgan fingerprint density at radius 2 is 1.66 bits per heavy atom. The van der Waals surface area contributed by atoms with Gasteiger partial charge in [0, 0.05) is 31.7 Å². The van der Waals surface area contributed by atoms with Gasteiger partial charge in [0.15, 0.2) is 0 Å². The number of nitrogens with one attached hydrogen (secondary N) is 1. The zero-order valence-corrected chi connectivity index (χ0v) is 17.1. The molecule has 2 aromatic carbocycles. The van der Waals surface area contributed by atoms with Crippen LogP contribution in [0.5, 0.6) is 0 Å². The Hall–Kier alpha value is -2.66. The molecule has 0 aromatic heterocycles. The van der Waals surface area contributed by atoms with Crippen molar-refractivity contribution in [3.8, 4) is 0 Å². The van der Waals surface area contributed by atoms with Crippen LogP contribution in [-0.4, -0.2) is 36.3 Å². The third-order valence-corrected chi connectivity index (χ3v) is 5.94. The van der Waals surface area contributed by atoms with E-state index in [1.807, 2.05) is 31.2 Å². The summed E-state index contributed by atoms with van der Waals surface area (Å²) in [6.45, 7) is 6.35. The summed E-state index contributed by atoms with van der Waals surface area (Å²) in [4.78, 5) is 29.2. The van der Waals surface area contributed by atoms with Crippen LogP contribution in [0.1, 0.15) is 36.0 Å². The van der Waals surface area contributed by atoms with E-state index in [9.17, 15) is 9.59 Å². The van der Waals surface area contributed by atoms with E-state index in [0.29, 0.717) is 13.1 Å².